The van der Waals surface area contributed by atoms with Crippen LogP contribution in [0.25, 0.3) is 0 Å². The zero-order chi connectivity index (χ0) is 7.11. The third-order valence-electron chi connectivity index (χ3n) is 0.617. The average molecular weight is 131 g/mol. The molecule has 0 aromatic heterocycles. The highest BCUT2D eigenvalue weighted by atomic mass is 16.4. The van der Waals surface area contributed by atoms with E-state index < -0.39 is 5.97 Å². The molecule has 0 spiro atoms. The van der Waals surface area contributed by atoms with Crippen LogP contribution in [0.15, 0.2) is 5.10 Å². The number of carbonyl (C=O) groups is 1. The largest absolute Gasteiger partial charge is 0.480 e. The summed E-state index contributed by atoms with van der Waals surface area (Å²) in [4.78, 5) is 9.82. The Labute approximate surface area is 52.5 Å². The summed E-state index contributed by atoms with van der Waals surface area (Å²) in [5.74, 6) is 3.84. The topological polar surface area (TPSA) is 87.7 Å². The lowest BCUT2D eigenvalue weighted by Gasteiger charge is -1.91. The Hall–Kier alpha value is -1.10. The molecule has 4 N–H and O–H groups in total. The number of hydrogen-bond donors (Lipinski definition) is 3. The van der Waals surface area contributed by atoms with Crippen molar-refractivity contribution in [3.8, 4) is 0 Å². The fourth-order valence-corrected chi connectivity index (χ4v) is 0.296. The van der Waals surface area contributed by atoms with Crippen LogP contribution in [-0.4, -0.2) is 30.4 Å². The van der Waals surface area contributed by atoms with Crippen LogP contribution < -0.4 is 11.2 Å². The maximum Gasteiger partial charge on any atom is 0.317 e. The predicted molar refractivity (Wildman–Crippen MR) is 33.2 cm³/mol. The van der Waals surface area contributed by atoms with Crippen molar-refractivity contribution in [2.45, 2.75) is 0 Å². The molecule has 0 saturated heterocycles. The first kappa shape index (κ1) is 7.90. The molecule has 0 heterocycles. The van der Waals surface area contributed by atoms with Gasteiger partial charge in [0.15, 0.2) is 0 Å². The van der Waals surface area contributed by atoms with Gasteiger partial charge >= 0.3 is 5.97 Å². The first-order chi connectivity index (χ1) is 4.27. The fraction of sp³-hybridized carbons (Fsp3) is 0.500. The Morgan fingerprint density at radius 1 is 1.89 bits per heavy atom. The second kappa shape index (κ2) is 5.04. The third kappa shape index (κ3) is 6.90. The van der Waals surface area contributed by atoms with Gasteiger partial charge in [0, 0.05) is 12.8 Å². The lowest BCUT2D eigenvalue weighted by atomic mass is 10.6. The molecule has 9 heavy (non-hydrogen) atoms. The van der Waals surface area contributed by atoms with Gasteiger partial charge in [0.2, 0.25) is 0 Å². The normalized spacial score (nSPS) is 10.2. The summed E-state index contributed by atoms with van der Waals surface area (Å²) in [6, 6.07) is 0. The molecule has 0 aromatic rings. The summed E-state index contributed by atoms with van der Waals surface area (Å²) < 4.78 is 0. The van der Waals surface area contributed by atoms with E-state index in [0.717, 1.165) is 0 Å². The molecule has 0 amide bonds. The van der Waals surface area contributed by atoms with Gasteiger partial charge < -0.3 is 16.3 Å². The number of nitrogens with one attached hydrogen (secondary N) is 1. The Bertz CT molecular complexity index is 112. The van der Waals surface area contributed by atoms with Gasteiger partial charge in [0.1, 0.15) is 0 Å². The summed E-state index contributed by atoms with van der Waals surface area (Å²) in [7, 11) is 0. The van der Waals surface area contributed by atoms with E-state index in [9.17, 15) is 4.79 Å². The van der Waals surface area contributed by atoms with Crippen LogP contribution in [0.3, 0.4) is 0 Å². The molecule has 0 atom stereocenters. The molecule has 0 radical (unpaired) electrons. The number of aliphatic carboxylic acids is 1. The Morgan fingerprint density at radius 3 is 3.00 bits per heavy atom. The van der Waals surface area contributed by atoms with Crippen molar-refractivity contribution in [2.75, 3.05) is 13.1 Å². The van der Waals surface area contributed by atoms with Crippen LogP contribution >= 0.6 is 0 Å². The summed E-state index contributed by atoms with van der Waals surface area (Å²) in [6.45, 7) is 0.328. The van der Waals surface area contributed by atoms with Gasteiger partial charge in [-0.05, 0) is 0 Å². The fourth-order valence-electron chi connectivity index (χ4n) is 0.296. The van der Waals surface area contributed by atoms with Crippen molar-refractivity contribution >= 4 is 12.2 Å². The number of hydrogen-bond acceptors (Lipinski definition) is 4. The highest BCUT2D eigenvalue weighted by Gasteiger charge is 1.90. The number of carboxylic acid groups (broad SMARTS) is 1. The molecule has 0 aromatic carbocycles. The van der Waals surface area contributed by atoms with Crippen molar-refractivity contribution in [3.63, 3.8) is 0 Å². The molecule has 0 saturated carbocycles. The molecule has 0 aliphatic heterocycles. The van der Waals surface area contributed by atoms with Crippen LogP contribution in [0.1, 0.15) is 0 Å². The predicted octanol–water partition coefficient (Wildman–Crippen LogP) is -1.39. The standard InChI is InChI=1S/C4H9N3O2/c5-7-2-1-6-3-4(8)9/h2,6H,1,3,5H2,(H,8,9). The quantitative estimate of drug-likeness (QED) is 0.189. The van der Waals surface area contributed by atoms with Crippen LogP contribution in [0.2, 0.25) is 0 Å². The van der Waals surface area contributed by atoms with Gasteiger partial charge in [-0.15, -0.1) is 0 Å². The molecule has 0 bridgehead atoms. The van der Waals surface area contributed by atoms with E-state index in [1.165, 1.54) is 6.21 Å². The van der Waals surface area contributed by atoms with Crippen molar-refractivity contribution in [2.24, 2.45) is 10.9 Å². The van der Waals surface area contributed by atoms with E-state index in [1.807, 2.05) is 0 Å². The first-order valence-corrected chi connectivity index (χ1v) is 2.41. The molecule has 0 aliphatic rings. The summed E-state index contributed by atoms with van der Waals surface area (Å²) in [6.07, 6.45) is 1.39. The molecule has 0 unspecified atom stereocenters. The molecule has 0 aliphatic carbocycles. The van der Waals surface area contributed by atoms with Crippen molar-refractivity contribution in [3.05, 3.63) is 0 Å². The minimum absolute atomic E-state index is 0.0635. The Balaban J connectivity index is 3.01. The lowest BCUT2D eigenvalue weighted by molar-refractivity contribution is -0.135. The van der Waals surface area contributed by atoms with Crippen LogP contribution in [0, 0.1) is 0 Å². The average Bonchev–Trinajstić information content (AvgIpc) is 1.80. The summed E-state index contributed by atoms with van der Waals surface area (Å²) in [5.41, 5.74) is 0. The van der Waals surface area contributed by atoms with Gasteiger partial charge in [0.05, 0.1) is 6.54 Å². The lowest BCUT2D eigenvalue weighted by Crippen LogP contribution is -2.24. The smallest absolute Gasteiger partial charge is 0.317 e. The maximum absolute atomic E-state index is 9.82. The number of rotatable bonds is 4. The highest BCUT2D eigenvalue weighted by Crippen LogP contribution is 1.57. The molecular formula is C4H9N3O2. The Kier molecular flexibility index (Phi) is 4.43. The highest BCUT2D eigenvalue weighted by molar-refractivity contribution is 5.70. The second-order valence-corrected chi connectivity index (χ2v) is 1.36. The van der Waals surface area contributed by atoms with E-state index in [0.29, 0.717) is 6.54 Å². The van der Waals surface area contributed by atoms with Gasteiger partial charge in [-0.2, -0.15) is 5.10 Å². The van der Waals surface area contributed by atoms with E-state index >= 15 is 0 Å². The summed E-state index contributed by atoms with van der Waals surface area (Å²) >= 11 is 0. The molecule has 5 heteroatoms. The Morgan fingerprint density at radius 2 is 2.56 bits per heavy atom. The van der Waals surface area contributed by atoms with Gasteiger partial charge in [-0.3, -0.25) is 4.79 Å². The molecule has 0 rings (SSSR count). The van der Waals surface area contributed by atoms with E-state index in [-0.39, 0.29) is 6.54 Å². The van der Waals surface area contributed by atoms with Crippen LogP contribution in [0.5, 0.6) is 0 Å². The van der Waals surface area contributed by atoms with E-state index in [4.69, 9.17) is 10.9 Å². The molecule has 5 nitrogen and oxygen atoms in total. The number of hydrazone groups is 1. The van der Waals surface area contributed by atoms with Crippen molar-refractivity contribution in [1.82, 2.24) is 5.32 Å². The minimum Gasteiger partial charge on any atom is -0.480 e. The van der Waals surface area contributed by atoms with Crippen LogP contribution in [0.4, 0.5) is 0 Å². The number of carboxylic acids is 1. The molecular weight excluding hydrogens is 122 g/mol. The maximum atomic E-state index is 9.82. The number of nitrogens with two attached hydrogens (primary N) is 1. The van der Waals surface area contributed by atoms with Gasteiger partial charge in [-0.25, -0.2) is 0 Å². The summed E-state index contributed by atoms with van der Waals surface area (Å²) in [5, 5.41) is 13.8. The first-order valence-electron chi connectivity index (χ1n) is 2.41. The van der Waals surface area contributed by atoms with E-state index in [2.05, 4.69) is 10.4 Å². The van der Waals surface area contributed by atoms with Gasteiger partial charge in [-0.1, -0.05) is 0 Å². The van der Waals surface area contributed by atoms with Crippen LogP contribution in [-0.2, 0) is 4.79 Å². The zero-order valence-electron chi connectivity index (χ0n) is 4.87. The SMILES string of the molecule is NN=CCNCC(=O)O. The van der Waals surface area contributed by atoms with Crippen molar-refractivity contribution < 1.29 is 9.90 Å². The monoisotopic (exact) mass is 131 g/mol. The third-order valence-corrected chi connectivity index (χ3v) is 0.617. The van der Waals surface area contributed by atoms with Crippen molar-refractivity contribution in [1.29, 1.82) is 0 Å². The van der Waals surface area contributed by atoms with Gasteiger partial charge in [0.25, 0.3) is 0 Å². The van der Waals surface area contributed by atoms with E-state index in [1.54, 1.807) is 0 Å². The minimum atomic E-state index is -0.888. The number of nitrogens with zero attached hydrogens (tertiary/aromatic N) is 1. The molecule has 0 fully saturated rings. The molecule has 52 valence electrons. The second-order valence-electron chi connectivity index (χ2n) is 1.36. The zero-order valence-corrected chi connectivity index (χ0v) is 4.87.